The first-order valence-corrected chi connectivity index (χ1v) is 14.3. The van der Waals surface area contributed by atoms with Gasteiger partial charge in [-0.15, -0.1) is 0 Å². The van der Waals surface area contributed by atoms with Gasteiger partial charge in [-0.3, -0.25) is 0 Å². The molecule has 4 rings (SSSR count). The van der Waals surface area contributed by atoms with Gasteiger partial charge in [0, 0.05) is 25.7 Å². The lowest BCUT2D eigenvalue weighted by Crippen LogP contribution is -2.56. The molecule has 3 aromatic carbocycles. The molecule has 1 aliphatic rings. The van der Waals surface area contributed by atoms with Gasteiger partial charge in [0.05, 0.1) is 9.79 Å². The Balaban J connectivity index is 1.63. The van der Waals surface area contributed by atoms with E-state index in [1.165, 1.54) is 8.61 Å². The standard InChI is InChI=1S/C26H30N2O4S2/c1-21-8-14-25(15-9-21)33(29,30)27-18-19-28(34(31,32)26-16-10-22(2)11-17-26)24(20-27)13-12-23-6-4-3-5-7-23/h3-11,14-17,24H,12-13,18-20H2,1-2H3. The van der Waals surface area contributed by atoms with Crippen molar-refractivity contribution in [2.24, 2.45) is 0 Å². The average Bonchev–Trinajstić information content (AvgIpc) is 2.84. The van der Waals surface area contributed by atoms with Gasteiger partial charge in [-0.1, -0.05) is 65.7 Å². The Labute approximate surface area is 203 Å². The third-order valence-corrected chi connectivity index (χ3v) is 10.1. The van der Waals surface area contributed by atoms with Gasteiger partial charge in [0.2, 0.25) is 20.0 Å². The zero-order valence-electron chi connectivity index (χ0n) is 19.5. The molecule has 3 aromatic rings. The zero-order chi connectivity index (χ0) is 24.3. The molecule has 0 N–H and O–H groups in total. The van der Waals surface area contributed by atoms with Crippen LogP contribution in [0.3, 0.4) is 0 Å². The molecule has 8 heteroatoms. The van der Waals surface area contributed by atoms with Gasteiger partial charge in [0.15, 0.2) is 0 Å². The van der Waals surface area contributed by atoms with Gasteiger partial charge < -0.3 is 0 Å². The molecule has 0 bridgehead atoms. The molecule has 0 aromatic heterocycles. The van der Waals surface area contributed by atoms with Crippen LogP contribution in [0.2, 0.25) is 0 Å². The molecule has 1 fully saturated rings. The minimum atomic E-state index is -3.76. The highest BCUT2D eigenvalue weighted by Crippen LogP contribution is 2.27. The summed E-state index contributed by atoms with van der Waals surface area (Å²) in [7, 11) is -7.48. The van der Waals surface area contributed by atoms with Crippen LogP contribution in [-0.2, 0) is 26.5 Å². The molecule has 1 saturated heterocycles. The summed E-state index contributed by atoms with van der Waals surface area (Å²) in [5, 5.41) is 0. The van der Waals surface area contributed by atoms with Gasteiger partial charge in [0.25, 0.3) is 0 Å². The minimum Gasteiger partial charge on any atom is -0.207 e. The van der Waals surface area contributed by atoms with Crippen LogP contribution in [-0.4, -0.2) is 51.1 Å². The highest BCUT2D eigenvalue weighted by molar-refractivity contribution is 7.89. The van der Waals surface area contributed by atoms with E-state index in [0.717, 1.165) is 16.7 Å². The maximum absolute atomic E-state index is 13.5. The average molecular weight is 499 g/mol. The summed E-state index contributed by atoms with van der Waals surface area (Å²) in [5.74, 6) is 0. The fourth-order valence-electron chi connectivity index (χ4n) is 4.26. The van der Waals surface area contributed by atoms with E-state index in [1.54, 1.807) is 48.5 Å². The summed E-state index contributed by atoms with van der Waals surface area (Å²) in [5.41, 5.74) is 3.05. The quantitative estimate of drug-likeness (QED) is 0.494. The number of sulfonamides is 2. The summed E-state index contributed by atoms with van der Waals surface area (Å²) < 4.78 is 56.7. The molecule has 180 valence electrons. The summed E-state index contributed by atoms with van der Waals surface area (Å²) in [4.78, 5) is 0.465. The lowest BCUT2D eigenvalue weighted by atomic mass is 10.0. The van der Waals surface area contributed by atoms with Crippen molar-refractivity contribution < 1.29 is 16.8 Å². The van der Waals surface area contributed by atoms with Crippen LogP contribution in [0.1, 0.15) is 23.1 Å². The van der Waals surface area contributed by atoms with E-state index in [-0.39, 0.29) is 29.4 Å². The van der Waals surface area contributed by atoms with Gasteiger partial charge in [0.1, 0.15) is 0 Å². The van der Waals surface area contributed by atoms with Gasteiger partial charge in [-0.2, -0.15) is 8.61 Å². The van der Waals surface area contributed by atoms with Gasteiger partial charge in [-0.25, -0.2) is 16.8 Å². The van der Waals surface area contributed by atoms with Crippen LogP contribution >= 0.6 is 0 Å². The molecule has 0 spiro atoms. The second-order valence-corrected chi connectivity index (χ2v) is 12.6. The third kappa shape index (κ3) is 5.25. The van der Waals surface area contributed by atoms with Crippen molar-refractivity contribution in [1.82, 2.24) is 8.61 Å². The van der Waals surface area contributed by atoms with E-state index in [2.05, 4.69) is 0 Å². The molecular formula is C26H30N2O4S2. The van der Waals surface area contributed by atoms with Gasteiger partial charge in [-0.05, 0) is 56.5 Å². The lowest BCUT2D eigenvalue weighted by Gasteiger charge is -2.40. The number of piperazine rings is 1. The molecule has 0 saturated carbocycles. The Morgan fingerprint density at radius 2 is 1.24 bits per heavy atom. The van der Waals surface area contributed by atoms with Crippen LogP contribution in [0.25, 0.3) is 0 Å². The Kier molecular flexibility index (Phi) is 7.23. The molecule has 34 heavy (non-hydrogen) atoms. The van der Waals surface area contributed by atoms with Crippen molar-refractivity contribution in [1.29, 1.82) is 0 Å². The summed E-state index contributed by atoms with van der Waals surface area (Å²) in [6.07, 6.45) is 1.18. The summed E-state index contributed by atoms with van der Waals surface area (Å²) in [6.45, 7) is 4.16. The van der Waals surface area contributed by atoms with Crippen LogP contribution in [0.5, 0.6) is 0 Å². The largest absolute Gasteiger partial charge is 0.243 e. The Morgan fingerprint density at radius 3 is 1.79 bits per heavy atom. The molecule has 1 aliphatic heterocycles. The van der Waals surface area contributed by atoms with Crippen molar-refractivity contribution in [2.75, 3.05) is 19.6 Å². The number of hydrogen-bond acceptors (Lipinski definition) is 4. The van der Waals surface area contributed by atoms with Crippen molar-refractivity contribution in [3.05, 3.63) is 95.6 Å². The van der Waals surface area contributed by atoms with E-state index < -0.39 is 26.1 Å². The molecule has 1 unspecified atom stereocenters. The van der Waals surface area contributed by atoms with Gasteiger partial charge >= 0.3 is 0 Å². The first-order valence-electron chi connectivity index (χ1n) is 11.4. The van der Waals surface area contributed by atoms with Crippen molar-refractivity contribution in [3.8, 4) is 0 Å². The number of aryl methyl sites for hydroxylation is 3. The fraction of sp³-hybridized carbons (Fsp3) is 0.308. The maximum atomic E-state index is 13.5. The molecule has 0 radical (unpaired) electrons. The van der Waals surface area contributed by atoms with Crippen molar-refractivity contribution in [2.45, 2.75) is 42.5 Å². The van der Waals surface area contributed by atoms with E-state index in [0.29, 0.717) is 12.8 Å². The summed E-state index contributed by atoms with van der Waals surface area (Å²) in [6, 6.07) is 22.9. The second-order valence-electron chi connectivity index (χ2n) is 8.78. The predicted molar refractivity (Wildman–Crippen MR) is 134 cm³/mol. The molecule has 1 heterocycles. The van der Waals surface area contributed by atoms with E-state index in [4.69, 9.17) is 0 Å². The maximum Gasteiger partial charge on any atom is 0.243 e. The van der Waals surface area contributed by atoms with E-state index in [9.17, 15) is 16.8 Å². The lowest BCUT2D eigenvalue weighted by molar-refractivity contribution is 0.192. The Hall–Kier alpha value is -2.52. The number of hydrogen-bond donors (Lipinski definition) is 0. The van der Waals surface area contributed by atoms with Crippen LogP contribution in [0.4, 0.5) is 0 Å². The molecule has 6 nitrogen and oxygen atoms in total. The van der Waals surface area contributed by atoms with Crippen molar-refractivity contribution >= 4 is 20.0 Å². The molecule has 0 aliphatic carbocycles. The Bertz CT molecular complexity index is 1320. The fourth-order valence-corrected chi connectivity index (χ4v) is 7.37. The monoisotopic (exact) mass is 498 g/mol. The molecule has 1 atom stereocenters. The first kappa shape index (κ1) is 24.6. The Morgan fingerprint density at radius 1 is 0.706 bits per heavy atom. The topological polar surface area (TPSA) is 74.8 Å². The predicted octanol–water partition coefficient (Wildman–Crippen LogP) is 4.00. The minimum absolute atomic E-state index is 0.112. The summed E-state index contributed by atoms with van der Waals surface area (Å²) >= 11 is 0. The molecule has 0 amide bonds. The van der Waals surface area contributed by atoms with Crippen LogP contribution in [0.15, 0.2) is 88.7 Å². The normalized spacial score (nSPS) is 18.1. The second kappa shape index (κ2) is 10.00. The van der Waals surface area contributed by atoms with E-state index in [1.807, 2.05) is 44.2 Å². The number of nitrogens with zero attached hydrogens (tertiary/aromatic N) is 2. The third-order valence-electron chi connectivity index (χ3n) is 6.29. The first-order chi connectivity index (χ1) is 16.2. The zero-order valence-corrected chi connectivity index (χ0v) is 21.1. The van der Waals surface area contributed by atoms with Crippen molar-refractivity contribution in [3.63, 3.8) is 0 Å². The van der Waals surface area contributed by atoms with Crippen LogP contribution < -0.4 is 0 Å². The van der Waals surface area contributed by atoms with Crippen LogP contribution in [0, 0.1) is 13.8 Å². The highest BCUT2D eigenvalue weighted by Gasteiger charge is 2.39. The number of rotatable bonds is 7. The number of benzene rings is 3. The molecular weight excluding hydrogens is 468 g/mol. The SMILES string of the molecule is Cc1ccc(S(=O)(=O)N2CCN(S(=O)(=O)c3ccc(C)cc3)C(CCc3ccccc3)C2)cc1. The smallest absolute Gasteiger partial charge is 0.207 e. The highest BCUT2D eigenvalue weighted by atomic mass is 32.2. The van der Waals surface area contributed by atoms with E-state index >= 15 is 0 Å².